The summed E-state index contributed by atoms with van der Waals surface area (Å²) in [7, 11) is 5.88. The summed E-state index contributed by atoms with van der Waals surface area (Å²) in [4.78, 5) is 26.8. The van der Waals surface area contributed by atoms with E-state index in [0.717, 1.165) is 5.56 Å². The molecule has 0 N–H and O–H groups in total. The summed E-state index contributed by atoms with van der Waals surface area (Å²) < 4.78 is 21.1. The normalized spacial score (nSPS) is 11.3. The highest BCUT2D eigenvalue weighted by Crippen LogP contribution is 2.35. The molecule has 0 aliphatic rings. The molecule has 0 unspecified atom stereocenters. The van der Waals surface area contributed by atoms with Crippen LogP contribution in [-0.2, 0) is 16.0 Å². The molecule has 0 aromatic heterocycles. The van der Waals surface area contributed by atoms with Crippen LogP contribution in [0.4, 0.5) is 0 Å². The van der Waals surface area contributed by atoms with Gasteiger partial charge in [-0.2, -0.15) is 0 Å². The molecule has 0 fully saturated rings. The number of ether oxygens (including phenoxy) is 4. The Bertz CT molecular complexity index is 1150. The Kier molecular flexibility index (Phi) is 7.86. The minimum Gasteiger partial charge on any atom is -0.497 e. The first-order valence-corrected chi connectivity index (χ1v) is 10.3. The molecular weight excluding hydrogens is 420 g/mol. The number of Topliss-reactive ketones (excluding diaryl/α,β-unsaturated/α-hetero) is 1. The quantitative estimate of drug-likeness (QED) is 0.268. The zero-order valence-electron chi connectivity index (χ0n) is 19.1. The standard InChI is InChI=1S/C27H26O6/c1-30-20-12-10-19(11-13-20)26(28)23(16-18-8-6-5-7-9-18)25(27(29)33-4)22-15-14-21(31-2)17-24(22)32-3/h5-15,17H,16H2,1-4H3/b25-23-. The molecule has 0 saturated heterocycles. The lowest BCUT2D eigenvalue weighted by molar-refractivity contribution is -0.133. The predicted octanol–water partition coefficient (Wildman–Crippen LogP) is 4.76. The van der Waals surface area contributed by atoms with Crippen molar-refractivity contribution in [2.24, 2.45) is 0 Å². The lowest BCUT2D eigenvalue weighted by atomic mass is 9.89. The molecule has 6 heteroatoms. The molecule has 0 bridgehead atoms. The van der Waals surface area contributed by atoms with E-state index in [-0.39, 0.29) is 17.8 Å². The summed E-state index contributed by atoms with van der Waals surface area (Å²) in [5, 5.41) is 0. The smallest absolute Gasteiger partial charge is 0.339 e. The average molecular weight is 446 g/mol. The number of carbonyl (C=O) groups is 2. The summed E-state index contributed by atoms with van der Waals surface area (Å²) >= 11 is 0. The van der Waals surface area contributed by atoms with Gasteiger partial charge in [0, 0.05) is 29.2 Å². The van der Waals surface area contributed by atoms with Gasteiger partial charge in [-0.25, -0.2) is 4.79 Å². The van der Waals surface area contributed by atoms with Crippen molar-refractivity contribution in [2.45, 2.75) is 6.42 Å². The summed E-state index contributed by atoms with van der Waals surface area (Å²) in [6.07, 6.45) is 0.227. The Labute approximate surface area is 193 Å². The van der Waals surface area contributed by atoms with Crippen molar-refractivity contribution in [1.82, 2.24) is 0 Å². The number of ketones is 1. The van der Waals surface area contributed by atoms with E-state index in [1.807, 2.05) is 30.3 Å². The zero-order chi connectivity index (χ0) is 23.8. The van der Waals surface area contributed by atoms with Crippen LogP contribution in [0.3, 0.4) is 0 Å². The van der Waals surface area contributed by atoms with Gasteiger partial charge in [0.05, 0.1) is 34.0 Å². The van der Waals surface area contributed by atoms with Crippen LogP contribution < -0.4 is 14.2 Å². The van der Waals surface area contributed by atoms with Crippen LogP contribution in [0.1, 0.15) is 21.5 Å². The second kappa shape index (κ2) is 11.0. The number of hydrogen-bond donors (Lipinski definition) is 0. The van der Waals surface area contributed by atoms with Crippen molar-refractivity contribution in [2.75, 3.05) is 28.4 Å². The summed E-state index contributed by atoms with van der Waals surface area (Å²) in [5.41, 5.74) is 2.18. The number of esters is 1. The van der Waals surface area contributed by atoms with Crippen LogP contribution in [0.5, 0.6) is 17.2 Å². The van der Waals surface area contributed by atoms with Gasteiger partial charge in [-0.15, -0.1) is 0 Å². The van der Waals surface area contributed by atoms with Crippen LogP contribution in [0.25, 0.3) is 5.57 Å². The SMILES string of the molecule is COC(=O)/C(=C(/Cc1ccccc1)C(=O)c1ccc(OC)cc1)c1ccc(OC)cc1OC. The number of allylic oxidation sites excluding steroid dienone is 1. The third-order valence-corrected chi connectivity index (χ3v) is 5.22. The van der Waals surface area contributed by atoms with E-state index in [9.17, 15) is 9.59 Å². The van der Waals surface area contributed by atoms with Gasteiger partial charge in [0.2, 0.25) is 0 Å². The molecule has 0 spiro atoms. The molecule has 170 valence electrons. The highest BCUT2D eigenvalue weighted by atomic mass is 16.5. The molecule has 3 rings (SSSR count). The van der Waals surface area contributed by atoms with Crippen molar-refractivity contribution >= 4 is 17.3 Å². The van der Waals surface area contributed by atoms with Gasteiger partial charge in [0.1, 0.15) is 17.2 Å². The van der Waals surface area contributed by atoms with E-state index in [1.165, 1.54) is 14.2 Å². The third kappa shape index (κ3) is 5.41. The van der Waals surface area contributed by atoms with E-state index in [0.29, 0.717) is 33.9 Å². The molecule has 0 aliphatic heterocycles. The summed E-state index contributed by atoms with van der Waals surface area (Å²) in [6, 6.07) is 21.3. The molecule has 0 amide bonds. The molecule has 3 aromatic rings. The largest absolute Gasteiger partial charge is 0.497 e. The Balaban J connectivity index is 2.26. The van der Waals surface area contributed by atoms with Crippen molar-refractivity contribution in [3.05, 3.63) is 95.1 Å². The molecular formula is C27H26O6. The molecule has 0 aliphatic carbocycles. The van der Waals surface area contributed by atoms with Crippen molar-refractivity contribution in [1.29, 1.82) is 0 Å². The number of carbonyl (C=O) groups excluding carboxylic acids is 2. The highest BCUT2D eigenvalue weighted by molar-refractivity contribution is 6.27. The predicted molar refractivity (Wildman–Crippen MR) is 126 cm³/mol. The first-order chi connectivity index (χ1) is 16.0. The maximum absolute atomic E-state index is 13.7. The highest BCUT2D eigenvalue weighted by Gasteiger charge is 2.27. The van der Waals surface area contributed by atoms with Crippen LogP contribution in [-0.4, -0.2) is 40.2 Å². The molecule has 33 heavy (non-hydrogen) atoms. The van der Waals surface area contributed by atoms with Crippen LogP contribution in [0.2, 0.25) is 0 Å². The van der Waals surface area contributed by atoms with E-state index in [2.05, 4.69) is 0 Å². The average Bonchev–Trinajstić information content (AvgIpc) is 2.88. The summed E-state index contributed by atoms with van der Waals surface area (Å²) in [6.45, 7) is 0. The summed E-state index contributed by atoms with van der Waals surface area (Å²) in [5.74, 6) is 0.657. The van der Waals surface area contributed by atoms with Crippen molar-refractivity contribution < 1.29 is 28.5 Å². The Morgan fingerprint density at radius 2 is 1.36 bits per heavy atom. The number of rotatable bonds is 9. The first kappa shape index (κ1) is 23.6. The fraction of sp³-hybridized carbons (Fsp3) is 0.185. The second-order valence-corrected chi connectivity index (χ2v) is 7.13. The molecule has 3 aromatic carbocycles. The Morgan fingerprint density at radius 1 is 0.727 bits per heavy atom. The van der Waals surface area contributed by atoms with Crippen LogP contribution >= 0.6 is 0 Å². The van der Waals surface area contributed by atoms with Crippen molar-refractivity contribution in [3.8, 4) is 17.2 Å². The van der Waals surface area contributed by atoms with E-state index in [4.69, 9.17) is 18.9 Å². The fourth-order valence-electron chi connectivity index (χ4n) is 3.50. The van der Waals surface area contributed by atoms with Crippen LogP contribution in [0.15, 0.2) is 78.4 Å². The zero-order valence-corrected chi connectivity index (χ0v) is 19.1. The minimum atomic E-state index is -0.633. The lowest BCUT2D eigenvalue weighted by Gasteiger charge is -2.17. The third-order valence-electron chi connectivity index (χ3n) is 5.22. The van der Waals surface area contributed by atoms with Crippen LogP contribution in [0, 0.1) is 0 Å². The Morgan fingerprint density at radius 3 is 1.94 bits per heavy atom. The monoisotopic (exact) mass is 446 g/mol. The fourth-order valence-corrected chi connectivity index (χ4v) is 3.50. The van der Waals surface area contributed by atoms with E-state index in [1.54, 1.807) is 56.7 Å². The topological polar surface area (TPSA) is 71.1 Å². The van der Waals surface area contributed by atoms with Gasteiger partial charge < -0.3 is 18.9 Å². The molecule has 6 nitrogen and oxygen atoms in total. The van der Waals surface area contributed by atoms with Gasteiger partial charge in [-0.05, 0) is 42.0 Å². The van der Waals surface area contributed by atoms with Gasteiger partial charge in [-0.3, -0.25) is 4.79 Å². The number of benzene rings is 3. The second-order valence-electron chi connectivity index (χ2n) is 7.13. The number of hydrogen-bond acceptors (Lipinski definition) is 6. The molecule has 0 radical (unpaired) electrons. The molecule has 0 heterocycles. The minimum absolute atomic E-state index is 0.140. The van der Waals surface area contributed by atoms with E-state index < -0.39 is 5.97 Å². The molecule has 0 saturated carbocycles. The van der Waals surface area contributed by atoms with Gasteiger partial charge in [0.15, 0.2) is 5.78 Å². The van der Waals surface area contributed by atoms with Crippen molar-refractivity contribution in [3.63, 3.8) is 0 Å². The maximum Gasteiger partial charge on any atom is 0.339 e. The van der Waals surface area contributed by atoms with E-state index >= 15 is 0 Å². The lowest BCUT2D eigenvalue weighted by Crippen LogP contribution is -2.16. The van der Waals surface area contributed by atoms with Gasteiger partial charge in [-0.1, -0.05) is 30.3 Å². The first-order valence-electron chi connectivity index (χ1n) is 10.3. The Hall–Kier alpha value is -4.06. The van der Waals surface area contributed by atoms with Gasteiger partial charge in [0.25, 0.3) is 0 Å². The maximum atomic E-state index is 13.7. The number of methoxy groups -OCH3 is 4. The molecule has 0 atom stereocenters. The van der Waals surface area contributed by atoms with Gasteiger partial charge >= 0.3 is 5.97 Å².